The third-order valence-corrected chi connectivity index (χ3v) is 6.88. The summed E-state index contributed by atoms with van der Waals surface area (Å²) in [7, 11) is 1.84. The van der Waals surface area contributed by atoms with Crippen molar-refractivity contribution >= 4 is 29.1 Å². The lowest BCUT2D eigenvalue weighted by atomic mass is 9.73. The van der Waals surface area contributed by atoms with Crippen LogP contribution in [0.3, 0.4) is 0 Å². The summed E-state index contributed by atoms with van der Waals surface area (Å²) in [6, 6.07) is 3.28. The van der Waals surface area contributed by atoms with Gasteiger partial charge in [-0.2, -0.15) is 39.5 Å². The Balaban J connectivity index is 2.04. The van der Waals surface area contributed by atoms with Crippen molar-refractivity contribution in [3.8, 4) is 0 Å². The van der Waals surface area contributed by atoms with Gasteiger partial charge in [0, 0.05) is 31.9 Å². The van der Waals surface area contributed by atoms with E-state index in [9.17, 15) is 53.9 Å². The molecule has 1 heterocycles. The van der Waals surface area contributed by atoms with Gasteiger partial charge >= 0.3 is 30.5 Å². The Morgan fingerprint density at radius 3 is 1.95 bits per heavy atom. The number of piperazine rings is 1. The molecule has 1 saturated carbocycles. The highest BCUT2D eigenvalue weighted by Crippen LogP contribution is 2.45. The van der Waals surface area contributed by atoms with Gasteiger partial charge in [0.15, 0.2) is 0 Å². The number of Topliss-reactive ketones (excluding diaryl/α,β-unsaturated/α-hetero) is 1. The normalized spacial score (nSPS) is 23.3. The molecule has 16 heteroatoms. The number of benzene rings is 1. The minimum absolute atomic E-state index is 0.308. The number of ketones is 1. The van der Waals surface area contributed by atoms with Crippen molar-refractivity contribution in [1.29, 1.82) is 0 Å². The molecule has 0 aromatic heterocycles. The molecule has 0 radical (unpaired) electrons. The SMILES string of the molecule is CN1CCN(c2ccc(C(=O)OC(=O)C(F)(F)F)c(NC3(C(=O)C(F)(F)F)CCC(C(F)(F)F)CC3)c2)CC1. The minimum Gasteiger partial charge on any atom is -0.383 e. The van der Waals surface area contributed by atoms with Crippen LogP contribution in [0.15, 0.2) is 18.2 Å². The zero-order chi connectivity index (χ0) is 29.4. The molecule has 7 nitrogen and oxygen atoms in total. The van der Waals surface area contributed by atoms with E-state index < -0.39 is 84.6 Å². The molecule has 3 rings (SSSR count). The van der Waals surface area contributed by atoms with Gasteiger partial charge in [0.2, 0.25) is 0 Å². The monoisotopic (exact) mass is 577 g/mol. The van der Waals surface area contributed by atoms with E-state index in [-0.39, 0.29) is 0 Å². The lowest BCUT2D eigenvalue weighted by Crippen LogP contribution is -2.55. The summed E-state index contributed by atoms with van der Waals surface area (Å²) in [4.78, 5) is 39.9. The van der Waals surface area contributed by atoms with Crippen molar-refractivity contribution in [3.05, 3.63) is 23.8 Å². The van der Waals surface area contributed by atoms with Crippen molar-refractivity contribution in [2.45, 2.75) is 49.8 Å². The molecule has 2 aliphatic rings. The van der Waals surface area contributed by atoms with Gasteiger partial charge in [0.05, 0.1) is 17.2 Å². The van der Waals surface area contributed by atoms with Gasteiger partial charge in [-0.25, -0.2) is 9.59 Å². The van der Waals surface area contributed by atoms with Crippen molar-refractivity contribution in [3.63, 3.8) is 0 Å². The summed E-state index contributed by atoms with van der Waals surface area (Å²) in [6.45, 7) is 1.99. The van der Waals surface area contributed by atoms with Crippen molar-refractivity contribution in [1.82, 2.24) is 4.90 Å². The average molecular weight is 577 g/mol. The summed E-state index contributed by atoms with van der Waals surface area (Å²) >= 11 is 0. The molecule has 0 amide bonds. The number of anilines is 2. The number of hydrogen-bond donors (Lipinski definition) is 1. The van der Waals surface area contributed by atoms with Crippen molar-refractivity contribution in [2.24, 2.45) is 5.92 Å². The number of likely N-dealkylation sites (N-methyl/N-ethyl adjacent to an activating group) is 1. The number of nitrogens with one attached hydrogen (secondary N) is 1. The standard InChI is InChI=1S/C23H24F9N3O4/c1-34-8-10-35(11-9-34)14-2-3-15(17(36)39-19(38)23(30,31)32)16(12-14)33-20(18(37)22(27,28)29)6-4-13(5-7-20)21(24,25)26/h2-3,12-13,33H,4-11H2,1H3. The zero-order valence-electron chi connectivity index (χ0n) is 20.4. The highest BCUT2D eigenvalue weighted by molar-refractivity contribution is 6.04. The van der Waals surface area contributed by atoms with Gasteiger partial charge in [0.1, 0.15) is 5.54 Å². The number of carbonyl (C=O) groups is 3. The lowest BCUT2D eigenvalue weighted by molar-refractivity contribution is -0.193. The smallest absolute Gasteiger partial charge is 0.383 e. The number of carbonyl (C=O) groups excluding carboxylic acids is 3. The van der Waals surface area contributed by atoms with E-state index in [2.05, 4.69) is 10.1 Å². The van der Waals surface area contributed by atoms with E-state index in [4.69, 9.17) is 0 Å². The van der Waals surface area contributed by atoms with Crippen LogP contribution in [0.4, 0.5) is 50.9 Å². The summed E-state index contributed by atoms with van der Waals surface area (Å²) in [5.74, 6) is -9.12. The number of nitrogens with zero attached hydrogens (tertiary/aromatic N) is 2. The van der Waals surface area contributed by atoms with Crippen LogP contribution in [0, 0.1) is 5.92 Å². The maximum atomic E-state index is 13.6. The second-order valence-electron chi connectivity index (χ2n) is 9.54. The Hall–Kier alpha value is -3.04. The predicted octanol–water partition coefficient (Wildman–Crippen LogP) is 4.72. The summed E-state index contributed by atoms with van der Waals surface area (Å²) in [6.07, 6.45) is -19.3. The number of halogens is 9. The van der Waals surface area contributed by atoms with Crippen LogP contribution >= 0.6 is 0 Å². The largest absolute Gasteiger partial charge is 0.491 e. The Morgan fingerprint density at radius 1 is 0.897 bits per heavy atom. The highest BCUT2D eigenvalue weighted by Gasteiger charge is 2.56. The molecular weight excluding hydrogens is 553 g/mol. The maximum Gasteiger partial charge on any atom is 0.491 e. The summed E-state index contributed by atoms with van der Waals surface area (Å²) in [5.41, 5.74) is -3.74. The second kappa shape index (κ2) is 10.8. The Kier molecular flexibility index (Phi) is 8.49. The van der Waals surface area contributed by atoms with Gasteiger partial charge in [0.25, 0.3) is 5.78 Å². The van der Waals surface area contributed by atoms with Gasteiger partial charge in [-0.1, -0.05) is 0 Å². The van der Waals surface area contributed by atoms with Crippen LogP contribution in [-0.4, -0.2) is 79.9 Å². The summed E-state index contributed by atoms with van der Waals surface area (Å²) in [5, 5.41) is 2.26. The maximum absolute atomic E-state index is 13.6. The molecule has 218 valence electrons. The van der Waals surface area contributed by atoms with E-state index >= 15 is 0 Å². The van der Waals surface area contributed by atoms with E-state index in [0.29, 0.717) is 31.9 Å². The fraction of sp³-hybridized carbons (Fsp3) is 0.609. The Labute approximate surface area is 216 Å². The lowest BCUT2D eigenvalue weighted by Gasteiger charge is -2.41. The first-order valence-corrected chi connectivity index (χ1v) is 11.7. The first-order chi connectivity index (χ1) is 17.8. The molecule has 1 aromatic rings. The predicted molar refractivity (Wildman–Crippen MR) is 118 cm³/mol. The quantitative estimate of drug-likeness (QED) is 0.309. The van der Waals surface area contributed by atoms with Crippen LogP contribution in [0.2, 0.25) is 0 Å². The fourth-order valence-corrected chi connectivity index (χ4v) is 4.65. The van der Waals surface area contributed by atoms with Crippen LogP contribution in [-0.2, 0) is 14.3 Å². The number of hydrogen-bond acceptors (Lipinski definition) is 7. The van der Waals surface area contributed by atoms with Gasteiger partial charge in [-0.3, -0.25) is 4.79 Å². The number of rotatable bonds is 5. The molecule has 1 saturated heterocycles. The zero-order valence-corrected chi connectivity index (χ0v) is 20.4. The Morgan fingerprint density at radius 2 is 1.46 bits per heavy atom. The highest BCUT2D eigenvalue weighted by atomic mass is 19.4. The van der Waals surface area contributed by atoms with Crippen LogP contribution in [0.1, 0.15) is 36.0 Å². The first-order valence-electron chi connectivity index (χ1n) is 11.7. The molecule has 1 N–H and O–H groups in total. The van der Waals surface area contributed by atoms with Crippen molar-refractivity contribution in [2.75, 3.05) is 43.4 Å². The molecular formula is C23H24F9N3O4. The topological polar surface area (TPSA) is 79.0 Å². The molecule has 0 atom stereocenters. The number of alkyl halides is 9. The van der Waals surface area contributed by atoms with Gasteiger partial charge in [-0.05, 0) is 50.9 Å². The van der Waals surface area contributed by atoms with Crippen LogP contribution in [0.5, 0.6) is 0 Å². The van der Waals surface area contributed by atoms with Crippen LogP contribution < -0.4 is 10.2 Å². The number of esters is 2. The molecule has 1 aliphatic carbocycles. The third-order valence-electron chi connectivity index (χ3n) is 6.88. The minimum atomic E-state index is -5.56. The first kappa shape index (κ1) is 30.5. The van der Waals surface area contributed by atoms with Crippen molar-refractivity contribution < 1.29 is 58.6 Å². The molecule has 0 bridgehead atoms. The molecule has 39 heavy (non-hydrogen) atoms. The fourth-order valence-electron chi connectivity index (χ4n) is 4.65. The average Bonchev–Trinajstić information content (AvgIpc) is 2.82. The second-order valence-corrected chi connectivity index (χ2v) is 9.54. The van der Waals surface area contributed by atoms with E-state index in [1.165, 1.54) is 6.07 Å². The van der Waals surface area contributed by atoms with Gasteiger partial charge < -0.3 is 19.9 Å². The van der Waals surface area contributed by atoms with Crippen LogP contribution in [0.25, 0.3) is 0 Å². The molecule has 2 fully saturated rings. The third kappa shape index (κ3) is 7.13. The van der Waals surface area contributed by atoms with E-state index in [1.807, 2.05) is 11.9 Å². The summed E-state index contributed by atoms with van der Waals surface area (Å²) < 4.78 is 122. The molecule has 0 spiro atoms. The molecule has 1 aromatic carbocycles. The molecule has 1 aliphatic heterocycles. The Bertz CT molecular complexity index is 1090. The van der Waals surface area contributed by atoms with E-state index in [0.717, 1.165) is 12.1 Å². The molecule has 0 unspecified atom stereocenters. The number of ether oxygens (including phenoxy) is 1. The van der Waals surface area contributed by atoms with E-state index in [1.54, 1.807) is 4.90 Å². The van der Waals surface area contributed by atoms with Gasteiger partial charge in [-0.15, -0.1) is 0 Å².